The van der Waals surface area contributed by atoms with Crippen molar-refractivity contribution in [2.75, 3.05) is 6.73 Å². The van der Waals surface area contributed by atoms with E-state index in [2.05, 4.69) is 15.6 Å². The van der Waals surface area contributed by atoms with Crippen LogP contribution in [-0.2, 0) is 6.54 Å². The predicted molar refractivity (Wildman–Crippen MR) is 81.0 cm³/mol. The molecule has 0 bridgehead atoms. The fourth-order valence-electron chi connectivity index (χ4n) is 1.80. The first-order valence-electron chi connectivity index (χ1n) is 6.77. The van der Waals surface area contributed by atoms with Crippen molar-refractivity contribution < 1.29 is 9.53 Å². The number of rotatable bonds is 5. The molecule has 0 saturated carbocycles. The lowest BCUT2D eigenvalue weighted by Crippen LogP contribution is -2.37. The Morgan fingerprint density at radius 2 is 2.00 bits per heavy atom. The number of amides is 2. The van der Waals surface area contributed by atoms with Crippen molar-refractivity contribution >= 4 is 6.03 Å². The highest BCUT2D eigenvalue weighted by atomic mass is 16.5. The molecule has 2 aromatic rings. The van der Waals surface area contributed by atoms with Crippen molar-refractivity contribution in [3.05, 3.63) is 59.4 Å². The van der Waals surface area contributed by atoms with Crippen LogP contribution >= 0.6 is 0 Å². The van der Waals surface area contributed by atoms with E-state index in [0.29, 0.717) is 6.54 Å². The fraction of sp³-hybridized carbons (Fsp3) is 0.250. The highest BCUT2D eigenvalue weighted by molar-refractivity contribution is 5.73. The van der Waals surface area contributed by atoms with Crippen LogP contribution in [0.5, 0.6) is 5.75 Å². The molecule has 2 rings (SSSR count). The lowest BCUT2D eigenvalue weighted by atomic mass is 10.1. The molecule has 1 aromatic carbocycles. The standard InChI is InChI=1S/C16H19N3O2/c1-12-6-5-8-15(13(12)2)21-11-19-16(20)18-10-14-7-3-4-9-17-14/h3-9H,10-11H2,1-2H3,(H2,18,19,20). The van der Waals surface area contributed by atoms with Crippen molar-refractivity contribution in [2.45, 2.75) is 20.4 Å². The summed E-state index contributed by atoms with van der Waals surface area (Å²) in [4.78, 5) is 15.8. The van der Waals surface area contributed by atoms with Gasteiger partial charge in [0.1, 0.15) is 5.75 Å². The molecule has 5 heteroatoms. The van der Waals surface area contributed by atoms with E-state index in [4.69, 9.17) is 4.74 Å². The molecule has 0 saturated heterocycles. The normalized spacial score (nSPS) is 10.0. The number of carbonyl (C=O) groups is 1. The summed E-state index contributed by atoms with van der Waals surface area (Å²) in [6.07, 6.45) is 1.69. The maximum Gasteiger partial charge on any atom is 0.317 e. The third-order valence-corrected chi connectivity index (χ3v) is 3.17. The van der Waals surface area contributed by atoms with Crippen LogP contribution in [0, 0.1) is 13.8 Å². The SMILES string of the molecule is Cc1cccc(OCNC(=O)NCc2ccccn2)c1C. The average Bonchev–Trinajstić information content (AvgIpc) is 2.50. The zero-order valence-electron chi connectivity index (χ0n) is 12.2. The smallest absolute Gasteiger partial charge is 0.317 e. The van der Waals surface area contributed by atoms with Gasteiger partial charge in [-0.25, -0.2) is 4.79 Å². The molecule has 21 heavy (non-hydrogen) atoms. The molecule has 0 aliphatic rings. The minimum absolute atomic E-state index is 0.123. The van der Waals surface area contributed by atoms with E-state index in [-0.39, 0.29) is 12.8 Å². The van der Waals surface area contributed by atoms with Gasteiger partial charge in [0.25, 0.3) is 0 Å². The maximum atomic E-state index is 11.6. The number of benzene rings is 1. The zero-order valence-corrected chi connectivity index (χ0v) is 12.2. The Morgan fingerprint density at radius 3 is 2.76 bits per heavy atom. The summed E-state index contributed by atoms with van der Waals surface area (Å²) >= 11 is 0. The molecule has 0 fully saturated rings. The molecule has 0 radical (unpaired) electrons. The van der Waals surface area contributed by atoms with Crippen LogP contribution in [0.4, 0.5) is 4.79 Å². The van der Waals surface area contributed by atoms with Crippen LogP contribution in [0.2, 0.25) is 0 Å². The second-order valence-electron chi connectivity index (χ2n) is 4.67. The Balaban J connectivity index is 1.73. The van der Waals surface area contributed by atoms with E-state index in [1.807, 2.05) is 50.2 Å². The molecule has 0 aliphatic carbocycles. The molecule has 0 aliphatic heterocycles. The highest BCUT2D eigenvalue weighted by Crippen LogP contribution is 2.19. The summed E-state index contributed by atoms with van der Waals surface area (Å²) in [6.45, 7) is 4.52. The number of carbonyl (C=O) groups excluding carboxylic acids is 1. The first kappa shape index (κ1) is 14.8. The van der Waals surface area contributed by atoms with Gasteiger partial charge in [0.2, 0.25) is 0 Å². The van der Waals surface area contributed by atoms with Crippen LogP contribution in [0.1, 0.15) is 16.8 Å². The van der Waals surface area contributed by atoms with Gasteiger partial charge >= 0.3 is 6.03 Å². The largest absolute Gasteiger partial charge is 0.473 e. The molecule has 110 valence electrons. The van der Waals surface area contributed by atoms with Gasteiger partial charge in [0.15, 0.2) is 6.73 Å². The summed E-state index contributed by atoms with van der Waals surface area (Å²) in [7, 11) is 0. The first-order chi connectivity index (χ1) is 10.2. The van der Waals surface area contributed by atoms with Gasteiger partial charge in [0, 0.05) is 6.20 Å². The lowest BCUT2D eigenvalue weighted by Gasteiger charge is -2.12. The van der Waals surface area contributed by atoms with Crippen LogP contribution in [0.3, 0.4) is 0 Å². The molecule has 0 unspecified atom stereocenters. The van der Waals surface area contributed by atoms with E-state index in [1.165, 1.54) is 0 Å². The molecule has 2 amide bonds. The third kappa shape index (κ3) is 4.49. The molecule has 1 aromatic heterocycles. The van der Waals surface area contributed by atoms with E-state index in [9.17, 15) is 4.79 Å². The number of hydrogen-bond donors (Lipinski definition) is 2. The Bertz CT molecular complexity index is 600. The van der Waals surface area contributed by atoms with Crippen molar-refractivity contribution in [2.24, 2.45) is 0 Å². The quantitative estimate of drug-likeness (QED) is 0.830. The minimum atomic E-state index is -0.286. The average molecular weight is 285 g/mol. The molecule has 5 nitrogen and oxygen atoms in total. The van der Waals surface area contributed by atoms with Gasteiger partial charge in [-0.05, 0) is 43.2 Å². The number of nitrogens with one attached hydrogen (secondary N) is 2. The van der Waals surface area contributed by atoms with Gasteiger partial charge in [-0.2, -0.15) is 0 Å². The van der Waals surface area contributed by atoms with Crippen LogP contribution in [-0.4, -0.2) is 17.7 Å². The van der Waals surface area contributed by atoms with Gasteiger partial charge in [-0.15, -0.1) is 0 Å². The number of hydrogen-bond acceptors (Lipinski definition) is 3. The summed E-state index contributed by atoms with van der Waals surface area (Å²) < 4.78 is 5.55. The van der Waals surface area contributed by atoms with Crippen molar-refractivity contribution in [1.29, 1.82) is 0 Å². The highest BCUT2D eigenvalue weighted by Gasteiger charge is 2.03. The number of urea groups is 1. The first-order valence-corrected chi connectivity index (χ1v) is 6.77. The number of pyridine rings is 1. The Labute approximate surface area is 124 Å². The van der Waals surface area contributed by atoms with Crippen LogP contribution in [0.15, 0.2) is 42.6 Å². The molecular weight excluding hydrogens is 266 g/mol. The van der Waals surface area contributed by atoms with Crippen molar-refractivity contribution in [3.63, 3.8) is 0 Å². The van der Waals surface area contributed by atoms with Gasteiger partial charge in [0.05, 0.1) is 12.2 Å². The number of nitrogens with zero attached hydrogens (tertiary/aromatic N) is 1. The number of aryl methyl sites for hydroxylation is 1. The van der Waals surface area contributed by atoms with Crippen molar-refractivity contribution in [3.8, 4) is 5.75 Å². The molecule has 1 heterocycles. The second-order valence-corrected chi connectivity index (χ2v) is 4.67. The summed E-state index contributed by atoms with van der Waals surface area (Å²) in [5.41, 5.74) is 3.04. The summed E-state index contributed by atoms with van der Waals surface area (Å²) in [5, 5.41) is 5.37. The topological polar surface area (TPSA) is 63.2 Å². The van der Waals surface area contributed by atoms with Gasteiger partial charge < -0.3 is 15.4 Å². The fourth-order valence-corrected chi connectivity index (χ4v) is 1.80. The van der Waals surface area contributed by atoms with Crippen LogP contribution in [0.25, 0.3) is 0 Å². The summed E-state index contributed by atoms with van der Waals surface area (Å²) in [6, 6.07) is 11.1. The second kappa shape index (κ2) is 7.28. The van der Waals surface area contributed by atoms with E-state index < -0.39 is 0 Å². The van der Waals surface area contributed by atoms with Gasteiger partial charge in [-0.1, -0.05) is 18.2 Å². The monoisotopic (exact) mass is 285 g/mol. The molecule has 0 atom stereocenters. The Kier molecular flexibility index (Phi) is 5.15. The van der Waals surface area contributed by atoms with Gasteiger partial charge in [-0.3, -0.25) is 4.98 Å². The molecular formula is C16H19N3O2. The number of ether oxygens (including phenoxy) is 1. The lowest BCUT2D eigenvalue weighted by molar-refractivity contribution is 0.223. The van der Waals surface area contributed by atoms with Crippen LogP contribution < -0.4 is 15.4 Å². The Hall–Kier alpha value is -2.56. The molecule has 0 spiro atoms. The summed E-state index contributed by atoms with van der Waals surface area (Å²) in [5.74, 6) is 0.778. The van der Waals surface area contributed by atoms with E-state index in [1.54, 1.807) is 6.20 Å². The number of aromatic nitrogens is 1. The van der Waals surface area contributed by atoms with E-state index in [0.717, 1.165) is 22.6 Å². The molecule has 2 N–H and O–H groups in total. The third-order valence-electron chi connectivity index (χ3n) is 3.17. The minimum Gasteiger partial charge on any atom is -0.473 e. The van der Waals surface area contributed by atoms with Crippen molar-refractivity contribution in [1.82, 2.24) is 15.6 Å². The maximum absolute atomic E-state index is 11.6. The Morgan fingerprint density at radius 1 is 1.14 bits per heavy atom. The predicted octanol–water partition coefficient (Wildman–Crippen LogP) is 2.53. The van der Waals surface area contributed by atoms with E-state index >= 15 is 0 Å². The zero-order chi connectivity index (χ0) is 15.1.